The number of ether oxygens (including phenoxy) is 1. The highest BCUT2D eigenvalue weighted by molar-refractivity contribution is 5.78. The first-order valence-corrected chi connectivity index (χ1v) is 9.53. The second kappa shape index (κ2) is 7.84. The van der Waals surface area contributed by atoms with Gasteiger partial charge in [-0.3, -0.25) is 4.79 Å². The molecule has 1 aromatic heterocycles. The van der Waals surface area contributed by atoms with Crippen LogP contribution in [0.4, 0.5) is 0 Å². The van der Waals surface area contributed by atoms with Gasteiger partial charge in [-0.25, -0.2) is 0 Å². The summed E-state index contributed by atoms with van der Waals surface area (Å²) in [6, 6.07) is 15.7. The third-order valence-electron chi connectivity index (χ3n) is 5.19. The van der Waals surface area contributed by atoms with Gasteiger partial charge in [0.05, 0.1) is 7.11 Å². The van der Waals surface area contributed by atoms with Gasteiger partial charge < -0.3 is 14.2 Å². The highest BCUT2D eigenvalue weighted by atomic mass is 16.5. The van der Waals surface area contributed by atoms with Crippen LogP contribution in [0.15, 0.2) is 53.1 Å². The van der Waals surface area contributed by atoms with Crippen molar-refractivity contribution < 1.29 is 14.1 Å². The van der Waals surface area contributed by atoms with Crippen molar-refractivity contribution in [3.8, 4) is 17.1 Å². The number of nitrogens with zero attached hydrogens (tertiary/aromatic N) is 3. The van der Waals surface area contributed by atoms with E-state index in [1.807, 2.05) is 41.3 Å². The minimum absolute atomic E-state index is 0.105. The fraction of sp³-hybridized carbons (Fsp3) is 0.318. The Balaban J connectivity index is 1.53. The average molecular weight is 377 g/mol. The van der Waals surface area contributed by atoms with E-state index >= 15 is 0 Å². The van der Waals surface area contributed by atoms with Crippen molar-refractivity contribution in [1.29, 1.82) is 0 Å². The minimum atomic E-state index is -0.189. The lowest BCUT2D eigenvalue weighted by Crippen LogP contribution is -2.27. The van der Waals surface area contributed by atoms with Gasteiger partial charge in [0.25, 0.3) is 0 Å². The maximum Gasteiger partial charge on any atom is 0.249 e. The lowest BCUT2D eigenvalue weighted by Gasteiger charge is -2.22. The Morgan fingerprint density at radius 2 is 1.82 bits per heavy atom. The predicted octanol–water partition coefficient (Wildman–Crippen LogP) is 4.17. The van der Waals surface area contributed by atoms with E-state index in [1.165, 1.54) is 5.56 Å². The molecule has 1 atom stereocenters. The number of rotatable bonds is 6. The number of aromatic nitrogens is 2. The molecule has 1 saturated heterocycles. The van der Waals surface area contributed by atoms with Gasteiger partial charge in [0.15, 0.2) is 0 Å². The molecule has 144 valence electrons. The summed E-state index contributed by atoms with van der Waals surface area (Å²) in [6.07, 6.45) is 2.16. The summed E-state index contributed by atoms with van der Waals surface area (Å²) in [5.74, 6) is 1.95. The van der Waals surface area contributed by atoms with Gasteiger partial charge in [-0.2, -0.15) is 4.98 Å². The molecule has 0 radical (unpaired) electrons. The molecule has 1 aliphatic heterocycles. The average Bonchev–Trinajstić information content (AvgIpc) is 3.36. The molecule has 3 aromatic rings. The lowest BCUT2D eigenvalue weighted by atomic mass is 10.1. The number of carbonyl (C=O) groups is 1. The fourth-order valence-electron chi connectivity index (χ4n) is 3.49. The van der Waals surface area contributed by atoms with Crippen LogP contribution < -0.4 is 4.74 Å². The van der Waals surface area contributed by atoms with Crippen LogP contribution in [-0.2, 0) is 17.8 Å². The van der Waals surface area contributed by atoms with Crippen molar-refractivity contribution >= 4 is 5.91 Å². The molecule has 2 aromatic carbocycles. The van der Waals surface area contributed by atoms with Crippen LogP contribution in [0, 0.1) is 0 Å². The van der Waals surface area contributed by atoms with Crippen LogP contribution >= 0.6 is 0 Å². The van der Waals surface area contributed by atoms with E-state index < -0.39 is 0 Å². The first kappa shape index (κ1) is 18.2. The molecule has 1 fully saturated rings. The maximum atomic E-state index is 12.4. The standard InChI is InChI=1S/C22H23N3O3/c1-3-15-4-8-17(9-5-15)21-23-22(28-24-21)19-12-13-20(26)25(19)14-16-6-10-18(27-2)11-7-16/h4-11,19H,3,12-14H2,1-2H3. The molecule has 0 aliphatic carbocycles. The summed E-state index contributed by atoms with van der Waals surface area (Å²) in [7, 11) is 1.64. The summed E-state index contributed by atoms with van der Waals surface area (Å²) in [4.78, 5) is 18.8. The number of carbonyl (C=O) groups excluding carboxylic acids is 1. The van der Waals surface area contributed by atoms with Gasteiger partial charge in [0.1, 0.15) is 11.8 Å². The number of likely N-dealkylation sites (tertiary alicyclic amines) is 1. The summed E-state index contributed by atoms with van der Waals surface area (Å²) in [6.45, 7) is 2.63. The van der Waals surface area contributed by atoms with Crippen LogP contribution in [0.3, 0.4) is 0 Å². The molecule has 1 amide bonds. The molecular weight excluding hydrogens is 354 g/mol. The van der Waals surface area contributed by atoms with Gasteiger partial charge in [0.2, 0.25) is 17.6 Å². The predicted molar refractivity (Wildman–Crippen MR) is 105 cm³/mol. The summed E-state index contributed by atoms with van der Waals surface area (Å²) < 4.78 is 10.7. The van der Waals surface area contributed by atoms with Crippen LogP contribution in [0.2, 0.25) is 0 Å². The van der Waals surface area contributed by atoms with Crippen molar-refractivity contribution in [1.82, 2.24) is 15.0 Å². The first-order chi connectivity index (χ1) is 13.7. The number of amides is 1. The quantitative estimate of drug-likeness (QED) is 0.645. The third-order valence-corrected chi connectivity index (χ3v) is 5.19. The molecule has 0 saturated carbocycles. The molecule has 6 heteroatoms. The van der Waals surface area contributed by atoms with Gasteiger partial charge >= 0.3 is 0 Å². The Morgan fingerprint density at radius 1 is 1.11 bits per heavy atom. The smallest absolute Gasteiger partial charge is 0.249 e. The number of aryl methyl sites for hydroxylation is 1. The Morgan fingerprint density at radius 3 is 2.50 bits per heavy atom. The zero-order valence-electron chi connectivity index (χ0n) is 16.1. The molecule has 6 nitrogen and oxygen atoms in total. The van der Waals surface area contributed by atoms with E-state index in [0.717, 1.165) is 23.3 Å². The topological polar surface area (TPSA) is 68.5 Å². The highest BCUT2D eigenvalue weighted by Gasteiger charge is 2.36. The van der Waals surface area contributed by atoms with Crippen molar-refractivity contribution in [3.63, 3.8) is 0 Å². The molecule has 0 bridgehead atoms. The van der Waals surface area contributed by atoms with Crippen molar-refractivity contribution in [2.45, 2.75) is 38.8 Å². The van der Waals surface area contributed by atoms with E-state index in [1.54, 1.807) is 7.11 Å². The fourth-order valence-corrected chi connectivity index (χ4v) is 3.49. The number of methoxy groups -OCH3 is 1. The molecule has 28 heavy (non-hydrogen) atoms. The number of hydrogen-bond donors (Lipinski definition) is 0. The zero-order chi connectivity index (χ0) is 19.5. The monoisotopic (exact) mass is 377 g/mol. The van der Waals surface area contributed by atoms with Crippen molar-refractivity contribution in [3.05, 3.63) is 65.5 Å². The Labute approximate surface area is 164 Å². The second-order valence-corrected chi connectivity index (χ2v) is 6.93. The first-order valence-electron chi connectivity index (χ1n) is 9.53. The SMILES string of the molecule is CCc1ccc(-c2noc(C3CCC(=O)N3Cc3ccc(OC)cc3)n2)cc1. The molecule has 1 unspecified atom stereocenters. The lowest BCUT2D eigenvalue weighted by molar-refractivity contribution is -0.129. The molecule has 1 aliphatic rings. The van der Waals surface area contributed by atoms with E-state index in [9.17, 15) is 4.79 Å². The summed E-state index contributed by atoms with van der Waals surface area (Å²) >= 11 is 0. The van der Waals surface area contributed by atoms with E-state index in [-0.39, 0.29) is 11.9 Å². The van der Waals surface area contributed by atoms with Crippen molar-refractivity contribution in [2.75, 3.05) is 7.11 Å². The van der Waals surface area contributed by atoms with Gasteiger partial charge in [0, 0.05) is 18.5 Å². The number of hydrogen-bond acceptors (Lipinski definition) is 5. The second-order valence-electron chi connectivity index (χ2n) is 6.93. The van der Waals surface area contributed by atoms with Crippen LogP contribution in [-0.4, -0.2) is 28.1 Å². The number of benzene rings is 2. The maximum absolute atomic E-state index is 12.4. The van der Waals surface area contributed by atoms with E-state index in [0.29, 0.717) is 31.1 Å². The minimum Gasteiger partial charge on any atom is -0.497 e. The van der Waals surface area contributed by atoms with Crippen LogP contribution in [0.1, 0.15) is 42.8 Å². The Kier molecular flexibility index (Phi) is 5.10. The van der Waals surface area contributed by atoms with Crippen LogP contribution in [0.25, 0.3) is 11.4 Å². The van der Waals surface area contributed by atoms with Crippen molar-refractivity contribution in [2.24, 2.45) is 0 Å². The van der Waals surface area contributed by atoms with Gasteiger partial charge in [-0.1, -0.05) is 48.5 Å². The molecule has 2 heterocycles. The Bertz CT molecular complexity index is 948. The third kappa shape index (κ3) is 3.63. The molecule has 0 N–H and O–H groups in total. The molecular formula is C22H23N3O3. The van der Waals surface area contributed by atoms with Gasteiger partial charge in [-0.15, -0.1) is 0 Å². The van der Waals surface area contributed by atoms with Crippen LogP contribution in [0.5, 0.6) is 5.75 Å². The summed E-state index contributed by atoms with van der Waals surface area (Å²) in [5.41, 5.74) is 3.22. The highest BCUT2D eigenvalue weighted by Crippen LogP contribution is 2.34. The molecule has 0 spiro atoms. The zero-order valence-corrected chi connectivity index (χ0v) is 16.1. The normalized spacial score (nSPS) is 16.6. The van der Waals surface area contributed by atoms with E-state index in [2.05, 4.69) is 29.2 Å². The van der Waals surface area contributed by atoms with E-state index in [4.69, 9.17) is 9.26 Å². The summed E-state index contributed by atoms with van der Waals surface area (Å²) in [5, 5.41) is 4.14. The molecule has 4 rings (SSSR count). The Hall–Kier alpha value is -3.15. The van der Waals surface area contributed by atoms with Gasteiger partial charge in [-0.05, 0) is 36.1 Å². The largest absolute Gasteiger partial charge is 0.497 e.